The van der Waals surface area contributed by atoms with Gasteiger partial charge in [0.25, 0.3) is 0 Å². The van der Waals surface area contributed by atoms with Gasteiger partial charge in [-0.25, -0.2) is 0 Å². The number of aryl methyl sites for hydroxylation is 1. The van der Waals surface area contributed by atoms with Gasteiger partial charge in [-0.05, 0) is 31.2 Å². The molecule has 0 radical (unpaired) electrons. The lowest BCUT2D eigenvalue weighted by atomic mass is 9.80. The van der Waals surface area contributed by atoms with Crippen LogP contribution in [0.4, 0.5) is 5.82 Å². The molecule has 106 valence electrons. The highest BCUT2D eigenvalue weighted by molar-refractivity contribution is 5.76. The smallest absolute Gasteiger partial charge is 0.175 e. The van der Waals surface area contributed by atoms with Gasteiger partial charge in [-0.2, -0.15) is 0 Å². The molecule has 1 fully saturated rings. The number of nitrogen functional groups attached to an aromatic ring is 1. The normalized spacial score (nSPS) is 22.9. The lowest BCUT2D eigenvalue weighted by Crippen LogP contribution is -2.11. The van der Waals surface area contributed by atoms with E-state index in [4.69, 9.17) is 10.3 Å². The molecule has 0 bridgehead atoms. The molecular formula is C17H22N2O. The molecule has 2 N–H and O–H groups in total. The van der Waals surface area contributed by atoms with Crippen LogP contribution in [0.15, 0.2) is 28.8 Å². The Kier molecular flexibility index (Phi) is 3.51. The van der Waals surface area contributed by atoms with Gasteiger partial charge in [0.15, 0.2) is 5.82 Å². The quantitative estimate of drug-likeness (QED) is 0.872. The van der Waals surface area contributed by atoms with Gasteiger partial charge < -0.3 is 10.3 Å². The first-order valence-corrected chi connectivity index (χ1v) is 7.47. The van der Waals surface area contributed by atoms with E-state index < -0.39 is 0 Å². The molecule has 0 amide bonds. The SMILES string of the molecule is Cc1ccc(-c2c(N)noc2C2CCC(C)CC2)cc1. The largest absolute Gasteiger partial charge is 0.380 e. The maximum absolute atomic E-state index is 6.04. The summed E-state index contributed by atoms with van der Waals surface area (Å²) >= 11 is 0. The van der Waals surface area contributed by atoms with E-state index in [0.29, 0.717) is 11.7 Å². The van der Waals surface area contributed by atoms with E-state index in [9.17, 15) is 0 Å². The fourth-order valence-electron chi connectivity index (χ4n) is 3.13. The van der Waals surface area contributed by atoms with E-state index in [1.807, 2.05) is 0 Å². The molecule has 0 unspecified atom stereocenters. The second-order valence-corrected chi connectivity index (χ2v) is 6.13. The molecule has 0 spiro atoms. The third-order valence-corrected chi connectivity index (χ3v) is 4.47. The number of aromatic nitrogens is 1. The number of anilines is 1. The van der Waals surface area contributed by atoms with Crippen molar-refractivity contribution >= 4 is 5.82 Å². The van der Waals surface area contributed by atoms with E-state index >= 15 is 0 Å². The molecule has 3 nitrogen and oxygen atoms in total. The van der Waals surface area contributed by atoms with E-state index in [2.05, 4.69) is 43.3 Å². The Morgan fingerprint density at radius 2 is 1.75 bits per heavy atom. The summed E-state index contributed by atoms with van der Waals surface area (Å²) in [5.74, 6) is 2.79. The molecule has 20 heavy (non-hydrogen) atoms. The van der Waals surface area contributed by atoms with Gasteiger partial charge in [-0.3, -0.25) is 0 Å². The predicted octanol–water partition coefficient (Wildman–Crippen LogP) is 4.53. The maximum Gasteiger partial charge on any atom is 0.175 e. The molecule has 1 aromatic carbocycles. The number of hydrogen-bond donors (Lipinski definition) is 1. The molecule has 1 aliphatic carbocycles. The number of hydrogen-bond acceptors (Lipinski definition) is 3. The minimum absolute atomic E-state index is 0.465. The van der Waals surface area contributed by atoms with Crippen molar-refractivity contribution in [2.24, 2.45) is 5.92 Å². The standard InChI is InChI=1S/C17H22N2O/c1-11-3-7-13(8-4-11)15-16(20-19-17(15)18)14-9-5-12(2)6-10-14/h3-4,7-8,12,14H,5-6,9-10H2,1-2H3,(H2,18,19). The second-order valence-electron chi connectivity index (χ2n) is 6.13. The lowest BCUT2D eigenvalue weighted by Gasteiger charge is -2.24. The summed E-state index contributed by atoms with van der Waals surface area (Å²) < 4.78 is 5.58. The molecule has 3 heteroatoms. The van der Waals surface area contributed by atoms with E-state index in [0.717, 1.165) is 22.8 Å². The molecule has 1 aliphatic rings. The molecule has 2 aromatic rings. The van der Waals surface area contributed by atoms with Crippen LogP contribution in [0.2, 0.25) is 0 Å². The molecule has 0 aliphatic heterocycles. The third-order valence-electron chi connectivity index (χ3n) is 4.47. The van der Waals surface area contributed by atoms with Crippen LogP contribution < -0.4 is 5.73 Å². The second kappa shape index (κ2) is 5.31. The number of nitrogens with zero attached hydrogens (tertiary/aromatic N) is 1. The van der Waals surface area contributed by atoms with E-state index in [-0.39, 0.29) is 0 Å². The van der Waals surface area contributed by atoms with E-state index in [1.54, 1.807) is 0 Å². The Balaban J connectivity index is 1.95. The van der Waals surface area contributed by atoms with Gasteiger partial charge in [-0.1, -0.05) is 54.8 Å². The van der Waals surface area contributed by atoms with Crippen LogP contribution in [-0.2, 0) is 0 Å². The highest BCUT2D eigenvalue weighted by Crippen LogP contribution is 2.41. The van der Waals surface area contributed by atoms with Crippen molar-refractivity contribution in [3.05, 3.63) is 35.6 Å². The summed E-state index contributed by atoms with van der Waals surface area (Å²) in [7, 11) is 0. The Labute approximate surface area is 120 Å². The molecule has 1 aromatic heterocycles. The zero-order chi connectivity index (χ0) is 14.1. The summed E-state index contributed by atoms with van der Waals surface area (Å²) in [6, 6.07) is 8.42. The zero-order valence-corrected chi connectivity index (χ0v) is 12.2. The fourth-order valence-corrected chi connectivity index (χ4v) is 3.13. The van der Waals surface area contributed by atoms with Crippen molar-refractivity contribution in [1.82, 2.24) is 5.16 Å². The van der Waals surface area contributed by atoms with Crippen LogP contribution in [0.1, 0.15) is 49.8 Å². The monoisotopic (exact) mass is 270 g/mol. The summed E-state index contributed by atoms with van der Waals surface area (Å²) in [6.07, 6.45) is 4.88. The van der Waals surface area contributed by atoms with Crippen molar-refractivity contribution in [1.29, 1.82) is 0 Å². The highest BCUT2D eigenvalue weighted by Gasteiger charge is 2.27. The van der Waals surface area contributed by atoms with Gasteiger partial charge >= 0.3 is 0 Å². The van der Waals surface area contributed by atoms with Gasteiger partial charge in [0.05, 0.1) is 5.56 Å². The average Bonchev–Trinajstić information content (AvgIpc) is 2.83. The number of nitrogens with two attached hydrogens (primary N) is 1. The van der Waals surface area contributed by atoms with Crippen LogP contribution in [0.3, 0.4) is 0 Å². The molecule has 1 heterocycles. The predicted molar refractivity (Wildman–Crippen MR) is 81.5 cm³/mol. The third kappa shape index (κ3) is 2.45. The Hall–Kier alpha value is -1.77. The van der Waals surface area contributed by atoms with E-state index in [1.165, 1.54) is 31.2 Å². The Morgan fingerprint density at radius 1 is 1.10 bits per heavy atom. The number of benzene rings is 1. The minimum atomic E-state index is 0.465. The molecule has 0 saturated heterocycles. The van der Waals surface area contributed by atoms with Gasteiger partial charge in [0.2, 0.25) is 0 Å². The fraction of sp³-hybridized carbons (Fsp3) is 0.471. The summed E-state index contributed by atoms with van der Waals surface area (Å²) in [5.41, 5.74) is 9.41. The van der Waals surface area contributed by atoms with Crippen molar-refractivity contribution in [2.45, 2.75) is 45.4 Å². The van der Waals surface area contributed by atoms with Crippen LogP contribution in [0.25, 0.3) is 11.1 Å². The van der Waals surface area contributed by atoms with Crippen molar-refractivity contribution in [3.63, 3.8) is 0 Å². The van der Waals surface area contributed by atoms with Gasteiger partial charge in [0, 0.05) is 5.92 Å². The molecule has 3 rings (SSSR count). The average molecular weight is 270 g/mol. The topological polar surface area (TPSA) is 52.0 Å². The van der Waals surface area contributed by atoms with Crippen LogP contribution in [0, 0.1) is 12.8 Å². The lowest BCUT2D eigenvalue weighted by molar-refractivity contribution is 0.289. The summed E-state index contributed by atoms with van der Waals surface area (Å²) in [4.78, 5) is 0. The first kappa shape index (κ1) is 13.2. The maximum atomic E-state index is 6.04. The number of rotatable bonds is 2. The van der Waals surface area contributed by atoms with Gasteiger partial charge in [-0.15, -0.1) is 0 Å². The van der Waals surface area contributed by atoms with Crippen molar-refractivity contribution in [2.75, 3.05) is 5.73 Å². The Bertz CT molecular complexity index is 578. The molecular weight excluding hydrogens is 248 g/mol. The molecule has 0 atom stereocenters. The minimum Gasteiger partial charge on any atom is -0.380 e. The summed E-state index contributed by atoms with van der Waals surface area (Å²) in [5, 5.41) is 4.01. The first-order chi connectivity index (χ1) is 9.65. The first-order valence-electron chi connectivity index (χ1n) is 7.47. The Morgan fingerprint density at radius 3 is 2.40 bits per heavy atom. The van der Waals surface area contributed by atoms with Crippen molar-refractivity contribution in [3.8, 4) is 11.1 Å². The van der Waals surface area contributed by atoms with Crippen LogP contribution in [-0.4, -0.2) is 5.16 Å². The molecule has 1 saturated carbocycles. The highest BCUT2D eigenvalue weighted by atomic mass is 16.5. The van der Waals surface area contributed by atoms with Gasteiger partial charge in [0.1, 0.15) is 5.76 Å². The van der Waals surface area contributed by atoms with Crippen LogP contribution in [0.5, 0.6) is 0 Å². The summed E-state index contributed by atoms with van der Waals surface area (Å²) in [6.45, 7) is 4.41. The van der Waals surface area contributed by atoms with Crippen LogP contribution >= 0.6 is 0 Å². The van der Waals surface area contributed by atoms with Crippen molar-refractivity contribution < 1.29 is 4.52 Å². The zero-order valence-electron chi connectivity index (χ0n) is 12.2.